The summed E-state index contributed by atoms with van der Waals surface area (Å²) < 4.78 is 35.3. The van der Waals surface area contributed by atoms with Gasteiger partial charge in [0.1, 0.15) is 29.5 Å². The van der Waals surface area contributed by atoms with Gasteiger partial charge in [-0.25, -0.2) is 13.8 Å². The van der Waals surface area contributed by atoms with Gasteiger partial charge < -0.3 is 10.1 Å². The molecular formula is C19H15F2N3O2. The number of fused-ring (bicyclic) bond motifs is 1. The molecule has 5 nitrogen and oxygen atoms in total. The van der Waals surface area contributed by atoms with Gasteiger partial charge in [-0.2, -0.15) is 0 Å². The van der Waals surface area contributed by atoms with Gasteiger partial charge in [0, 0.05) is 23.6 Å². The normalized spacial score (nSPS) is 16.1. The van der Waals surface area contributed by atoms with Crippen molar-refractivity contribution in [2.75, 3.05) is 12.4 Å². The van der Waals surface area contributed by atoms with Crippen molar-refractivity contribution in [3.63, 3.8) is 0 Å². The van der Waals surface area contributed by atoms with E-state index in [9.17, 15) is 13.6 Å². The fourth-order valence-corrected chi connectivity index (χ4v) is 3.23. The number of anilines is 1. The Labute approximate surface area is 148 Å². The van der Waals surface area contributed by atoms with E-state index in [-0.39, 0.29) is 17.9 Å². The Hall–Kier alpha value is -3.22. The zero-order valence-electron chi connectivity index (χ0n) is 13.9. The Kier molecular flexibility index (Phi) is 3.91. The minimum Gasteiger partial charge on any atom is -0.497 e. The molecule has 0 saturated carbocycles. The quantitative estimate of drug-likeness (QED) is 0.781. The number of methoxy groups -OCH3 is 1. The van der Waals surface area contributed by atoms with Crippen LogP contribution in [0.3, 0.4) is 0 Å². The molecule has 0 bridgehead atoms. The van der Waals surface area contributed by atoms with E-state index in [2.05, 4.69) is 10.3 Å². The van der Waals surface area contributed by atoms with Gasteiger partial charge >= 0.3 is 0 Å². The number of nitrogens with one attached hydrogen (secondary N) is 1. The van der Waals surface area contributed by atoms with Gasteiger partial charge in [-0.1, -0.05) is 6.07 Å². The average molecular weight is 355 g/mol. The summed E-state index contributed by atoms with van der Waals surface area (Å²) in [6.07, 6.45) is 1.47. The molecule has 1 N–H and O–H groups in total. The summed E-state index contributed by atoms with van der Waals surface area (Å²) in [5.74, 6) is -1.36. The number of benzene rings is 2. The van der Waals surface area contributed by atoms with Crippen molar-refractivity contribution in [2.24, 2.45) is 0 Å². The van der Waals surface area contributed by atoms with Gasteiger partial charge in [0.15, 0.2) is 0 Å². The Balaban J connectivity index is 1.82. The number of nitrogens with zero attached hydrogens (tertiary/aromatic N) is 2. The average Bonchev–Trinajstić information content (AvgIpc) is 3.05. The molecule has 0 fully saturated rings. The van der Waals surface area contributed by atoms with Crippen LogP contribution in [0.2, 0.25) is 0 Å². The van der Waals surface area contributed by atoms with Gasteiger partial charge in [-0.05, 0) is 36.4 Å². The lowest BCUT2D eigenvalue weighted by molar-refractivity contribution is -0.116. The number of halogens is 2. The monoisotopic (exact) mass is 355 g/mol. The minimum atomic E-state index is -0.778. The maximum absolute atomic E-state index is 14.2. The molecule has 1 aliphatic heterocycles. The molecule has 0 unspecified atom stereocenters. The number of hydrogen-bond donors (Lipinski definition) is 1. The maximum atomic E-state index is 14.2. The van der Waals surface area contributed by atoms with Crippen molar-refractivity contribution in [1.29, 1.82) is 0 Å². The number of carbonyl (C=O) groups excluding carboxylic acids is 1. The summed E-state index contributed by atoms with van der Waals surface area (Å²) in [6.45, 7) is 0. The first kappa shape index (κ1) is 16.3. The van der Waals surface area contributed by atoms with Gasteiger partial charge in [0.2, 0.25) is 5.91 Å². The van der Waals surface area contributed by atoms with Crippen molar-refractivity contribution in [1.82, 2.24) is 9.55 Å². The molecule has 2 heterocycles. The summed E-state index contributed by atoms with van der Waals surface area (Å²) in [5.41, 5.74) is 1.04. The number of carbonyl (C=O) groups is 1. The molecular weight excluding hydrogens is 340 g/mol. The van der Waals surface area contributed by atoms with Crippen LogP contribution in [-0.2, 0) is 4.79 Å². The summed E-state index contributed by atoms with van der Waals surface area (Å²) in [5, 5.41) is 2.76. The predicted octanol–water partition coefficient (Wildman–Crippen LogP) is 3.63. The standard InChI is InChI=1S/C19H15F2N3O2/c1-26-12-7-5-11(6-8-12)24-10-22-18-13(9-16(25)23-19(18)24)17-14(20)3-2-4-15(17)21/h2-8,10,13H,9H2,1H3,(H,23,25)/t13-/m1/s1. The smallest absolute Gasteiger partial charge is 0.226 e. The highest BCUT2D eigenvalue weighted by Gasteiger charge is 2.34. The third-order valence-corrected chi connectivity index (χ3v) is 4.47. The zero-order valence-corrected chi connectivity index (χ0v) is 13.9. The lowest BCUT2D eigenvalue weighted by Crippen LogP contribution is -2.26. The van der Waals surface area contributed by atoms with Crippen LogP contribution in [-0.4, -0.2) is 22.6 Å². The fraction of sp³-hybridized carbons (Fsp3) is 0.158. The summed E-state index contributed by atoms with van der Waals surface area (Å²) >= 11 is 0. The first-order valence-electron chi connectivity index (χ1n) is 8.04. The van der Waals surface area contributed by atoms with Crippen molar-refractivity contribution in [3.05, 3.63) is 71.7 Å². The van der Waals surface area contributed by atoms with Crippen molar-refractivity contribution in [2.45, 2.75) is 12.3 Å². The van der Waals surface area contributed by atoms with Crippen LogP contribution in [0, 0.1) is 11.6 Å². The molecule has 0 saturated heterocycles. The molecule has 0 aliphatic carbocycles. The molecule has 0 radical (unpaired) electrons. The van der Waals surface area contributed by atoms with Crippen molar-refractivity contribution in [3.8, 4) is 11.4 Å². The second kappa shape index (κ2) is 6.25. The van der Waals surface area contributed by atoms with Crippen LogP contribution in [0.4, 0.5) is 14.6 Å². The molecule has 1 aliphatic rings. The molecule has 1 aromatic heterocycles. The van der Waals surface area contributed by atoms with E-state index in [0.29, 0.717) is 17.3 Å². The number of imidazole rings is 1. The molecule has 7 heteroatoms. The number of aromatic nitrogens is 2. The largest absolute Gasteiger partial charge is 0.497 e. The van der Waals surface area contributed by atoms with Gasteiger partial charge in [-0.3, -0.25) is 9.36 Å². The maximum Gasteiger partial charge on any atom is 0.226 e. The topological polar surface area (TPSA) is 56.1 Å². The van der Waals surface area contributed by atoms with E-state index in [1.165, 1.54) is 24.5 Å². The van der Waals surface area contributed by atoms with E-state index in [4.69, 9.17) is 4.74 Å². The van der Waals surface area contributed by atoms with Gasteiger partial charge in [0.25, 0.3) is 0 Å². The van der Waals surface area contributed by atoms with E-state index >= 15 is 0 Å². The number of amides is 1. The number of hydrogen-bond acceptors (Lipinski definition) is 3. The molecule has 4 rings (SSSR count). The first-order chi connectivity index (χ1) is 12.6. The summed E-state index contributed by atoms with van der Waals surface area (Å²) in [4.78, 5) is 16.5. The molecule has 26 heavy (non-hydrogen) atoms. The summed E-state index contributed by atoms with van der Waals surface area (Å²) in [7, 11) is 1.57. The molecule has 132 valence electrons. The third-order valence-electron chi connectivity index (χ3n) is 4.47. The SMILES string of the molecule is COc1ccc(-n2cnc3c2NC(=O)C[C@@H]3c2c(F)cccc2F)cc1. The lowest BCUT2D eigenvalue weighted by atomic mass is 9.89. The molecule has 1 amide bonds. The highest BCUT2D eigenvalue weighted by molar-refractivity contribution is 5.94. The molecule has 2 aromatic carbocycles. The Morgan fingerprint density at radius 2 is 1.85 bits per heavy atom. The molecule has 1 atom stereocenters. The Bertz CT molecular complexity index is 963. The number of ether oxygens (including phenoxy) is 1. The number of rotatable bonds is 3. The van der Waals surface area contributed by atoms with Crippen LogP contribution in [0.25, 0.3) is 5.69 Å². The highest BCUT2D eigenvalue weighted by Crippen LogP contribution is 2.39. The zero-order chi connectivity index (χ0) is 18.3. The van der Waals surface area contributed by atoms with Gasteiger partial charge in [0.05, 0.1) is 12.8 Å². The predicted molar refractivity (Wildman–Crippen MR) is 91.6 cm³/mol. The van der Waals surface area contributed by atoms with Crippen molar-refractivity contribution < 1.29 is 18.3 Å². The Morgan fingerprint density at radius 1 is 1.15 bits per heavy atom. The second-order valence-electron chi connectivity index (χ2n) is 5.99. The Morgan fingerprint density at radius 3 is 2.50 bits per heavy atom. The van der Waals surface area contributed by atoms with E-state index in [0.717, 1.165) is 5.69 Å². The van der Waals surface area contributed by atoms with E-state index in [1.54, 1.807) is 35.9 Å². The molecule has 0 spiro atoms. The van der Waals surface area contributed by atoms with Crippen molar-refractivity contribution >= 4 is 11.7 Å². The third kappa shape index (κ3) is 2.61. The van der Waals surface area contributed by atoms with Crippen LogP contribution >= 0.6 is 0 Å². The first-order valence-corrected chi connectivity index (χ1v) is 8.04. The van der Waals surface area contributed by atoms with Gasteiger partial charge in [-0.15, -0.1) is 0 Å². The van der Waals surface area contributed by atoms with Crippen LogP contribution in [0.1, 0.15) is 23.6 Å². The highest BCUT2D eigenvalue weighted by atomic mass is 19.1. The molecule has 3 aromatic rings. The van der Waals surface area contributed by atoms with E-state index < -0.39 is 17.6 Å². The minimum absolute atomic E-state index is 0.0650. The van der Waals surface area contributed by atoms with Crippen LogP contribution in [0.15, 0.2) is 48.8 Å². The van der Waals surface area contributed by atoms with Crippen LogP contribution in [0.5, 0.6) is 5.75 Å². The van der Waals surface area contributed by atoms with Crippen LogP contribution < -0.4 is 10.1 Å². The lowest BCUT2D eigenvalue weighted by Gasteiger charge is -2.24. The summed E-state index contributed by atoms with van der Waals surface area (Å²) in [6, 6.07) is 10.8. The fourth-order valence-electron chi connectivity index (χ4n) is 3.23. The second-order valence-corrected chi connectivity index (χ2v) is 5.99. The van der Waals surface area contributed by atoms with E-state index in [1.807, 2.05) is 0 Å².